The first-order valence-corrected chi connectivity index (χ1v) is 8.90. The molecule has 4 heteroatoms. The molecule has 0 N–H and O–H groups in total. The first kappa shape index (κ1) is 17.2. The van der Waals surface area contributed by atoms with Crippen LogP contribution in [0.3, 0.4) is 0 Å². The minimum absolute atomic E-state index is 0.110. The normalized spacial score (nSPS) is 15.8. The van der Waals surface area contributed by atoms with Crippen molar-refractivity contribution in [1.82, 2.24) is 0 Å². The summed E-state index contributed by atoms with van der Waals surface area (Å²) in [6.45, 7) is 6.10. The third-order valence-electron chi connectivity index (χ3n) is 3.43. The summed E-state index contributed by atoms with van der Waals surface area (Å²) in [5.74, 6) is 0.315. The molecule has 0 aromatic carbocycles. The Hall–Kier alpha value is 0.240. The highest BCUT2D eigenvalue weighted by Gasteiger charge is 2.36. The molecule has 0 aliphatic rings. The molecule has 0 aromatic heterocycles. The molecule has 1 atom stereocenters. The van der Waals surface area contributed by atoms with E-state index in [0.29, 0.717) is 0 Å². The maximum atomic E-state index is 12.2. The summed E-state index contributed by atoms with van der Waals surface area (Å²) in [5, 5.41) is 0. The van der Waals surface area contributed by atoms with Crippen LogP contribution in [0.1, 0.15) is 65.7 Å². The van der Waals surface area contributed by atoms with Crippen LogP contribution in [0.25, 0.3) is 0 Å². The topological polar surface area (TPSA) is 34.1 Å². The number of halogens is 1. The van der Waals surface area contributed by atoms with Crippen LogP contribution < -0.4 is 0 Å². The van der Waals surface area contributed by atoms with E-state index in [0.717, 1.165) is 32.1 Å². The zero-order chi connectivity index (χ0) is 13.4. The maximum absolute atomic E-state index is 12.2. The fraction of sp³-hybridized carbons (Fsp3) is 1.00. The van der Waals surface area contributed by atoms with Crippen LogP contribution in [0, 0.1) is 0 Å². The monoisotopic (exact) mass is 282 g/mol. The molecular formula is C13H27ClO2S. The van der Waals surface area contributed by atoms with Gasteiger partial charge in [0.25, 0.3) is 0 Å². The van der Waals surface area contributed by atoms with Gasteiger partial charge in [0, 0.05) is 5.88 Å². The predicted octanol–water partition coefficient (Wildman–Crippen LogP) is 4.17. The average Bonchev–Trinajstić information content (AvgIpc) is 2.24. The minimum atomic E-state index is -3.05. The van der Waals surface area contributed by atoms with Gasteiger partial charge in [-0.15, -0.1) is 11.6 Å². The second-order valence-electron chi connectivity index (χ2n) is 5.02. The summed E-state index contributed by atoms with van der Waals surface area (Å²) in [7, 11) is -3.05. The molecule has 104 valence electrons. The van der Waals surface area contributed by atoms with E-state index in [4.69, 9.17) is 11.6 Å². The van der Waals surface area contributed by atoms with E-state index in [9.17, 15) is 8.42 Å². The van der Waals surface area contributed by atoms with E-state index >= 15 is 0 Å². The average molecular weight is 283 g/mol. The summed E-state index contributed by atoms with van der Waals surface area (Å²) >= 11 is 5.60. The van der Waals surface area contributed by atoms with Crippen LogP contribution >= 0.6 is 11.6 Å². The SMILES string of the molecule is CCCCCCC(C)(CCC)S(=O)(=O)CCCl. The van der Waals surface area contributed by atoms with Gasteiger partial charge in [0.15, 0.2) is 9.84 Å². The lowest BCUT2D eigenvalue weighted by Crippen LogP contribution is -2.37. The first-order chi connectivity index (χ1) is 7.93. The number of rotatable bonds is 10. The van der Waals surface area contributed by atoms with Crippen LogP contribution in [-0.2, 0) is 9.84 Å². The Balaban J connectivity index is 4.55. The Morgan fingerprint density at radius 3 is 2.12 bits per heavy atom. The van der Waals surface area contributed by atoms with Crippen LogP contribution in [-0.4, -0.2) is 24.8 Å². The molecule has 0 aliphatic heterocycles. The molecule has 0 bridgehead atoms. The van der Waals surface area contributed by atoms with E-state index in [2.05, 4.69) is 6.92 Å². The van der Waals surface area contributed by atoms with Crippen molar-refractivity contribution >= 4 is 21.4 Å². The molecule has 0 fully saturated rings. The Morgan fingerprint density at radius 1 is 1.00 bits per heavy atom. The zero-order valence-electron chi connectivity index (χ0n) is 11.5. The van der Waals surface area contributed by atoms with Crippen LogP contribution in [0.5, 0.6) is 0 Å². The molecule has 0 heterocycles. The second-order valence-corrected chi connectivity index (χ2v) is 8.02. The predicted molar refractivity (Wildman–Crippen MR) is 76.6 cm³/mol. The van der Waals surface area contributed by atoms with E-state index in [1.54, 1.807) is 0 Å². The smallest absolute Gasteiger partial charge is 0.156 e. The highest BCUT2D eigenvalue weighted by atomic mass is 35.5. The molecule has 0 saturated carbocycles. The fourth-order valence-corrected chi connectivity index (χ4v) is 4.51. The van der Waals surface area contributed by atoms with Crippen molar-refractivity contribution in [3.8, 4) is 0 Å². The van der Waals surface area contributed by atoms with E-state index in [-0.39, 0.29) is 11.6 Å². The standard InChI is InChI=1S/C13H27ClO2S/c1-4-6-7-8-10-13(3,9-5-2)17(15,16)12-11-14/h4-12H2,1-3H3. The van der Waals surface area contributed by atoms with Crippen molar-refractivity contribution in [1.29, 1.82) is 0 Å². The van der Waals surface area contributed by atoms with Gasteiger partial charge in [-0.3, -0.25) is 0 Å². The summed E-state index contributed by atoms with van der Waals surface area (Å²) in [5.41, 5.74) is 0. The van der Waals surface area contributed by atoms with Crippen molar-refractivity contribution in [2.24, 2.45) is 0 Å². The summed E-state index contributed by atoms with van der Waals surface area (Å²) in [4.78, 5) is 0. The molecule has 0 aliphatic carbocycles. The van der Waals surface area contributed by atoms with Crippen LogP contribution in [0.2, 0.25) is 0 Å². The summed E-state index contributed by atoms with van der Waals surface area (Å²) < 4.78 is 23.9. The molecular weight excluding hydrogens is 256 g/mol. The van der Waals surface area contributed by atoms with Gasteiger partial charge in [0.1, 0.15) is 0 Å². The van der Waals surface area contributed by atoms with E-state index < -0.39 is 14.6 Å². The molecule has 0 saturated heterocycles. The molecule has 17 heavy (non-hydrogen) atoms. The first-order valence-electron chi connectivity index (χ1n) is 6.71. The summed E-state index contributed by atoms with van der Waals surface area (Å²) in [6.07, 6.45) is 6.94. The van der Waals surface area contributed by atoms with Crippen molar-refractivity contribution < 1.29 is 8.42 Å². The van der Waals surface area contributed by atoms with Gasteiger partial charge in [-0.1, -0.05) is 46.0 Å². The number of alkyl halides is 1. The number of hydrogen-bond acceptors (Lipinski definition) is 2. The van der Waals surface area contributed by atoms with Gasteiger partial charge >= 0.3 is 0 Å². The van der Waals surface area contributed by atoms with Crippen molar-refractivity contribution in [2.75, 3.05) is 11.6 Å². The Morgan fingerprint density at radius 2 is 1.65 bits per heavy atom. The van der Waals surface area contributed by atoms with E-state index in [1.165, 1.54) is 12.8 Å². The molecule has 2 nitrogen and oxygen atoms in total. The second kappa shape index (κ2) is 8.36. The summed E-state index contributed by atoms with van der Waals surface area (Å²) in [6, 6.07) is 0. The number of sulfone groups is 1. The molecule has 0 rings (SSSR count). The van der Waals surface area contributed by atoms with Gasteiger partial charge in [-0.25, -0.2) is 8.42 Å². The Bertz CT molecular complexity index is 288. The third-order valence-corrected chi connectivity index (χ3v) is 6.50. The third kappa shape index (κ3) is 5.60. The largest absolute Gasteiger partial charge is 0.228 e. The van der Waals surface area contributed by atoms with E-state index in [1.807, 2.05) is 13.8 Å². The quantitative estimate of drug-likeness (QED) is 0.445. The molecule has 0 amide bonds. The van der Waals surface area contributed by atoms with Gasteiger partial charge in [0.2, 0.25) is 0 Å². The molecule has 1 unspecified atom stereocenters. The number of unbranched alkanes of at least 4 members (excludes halogenated alkanes) is 3. The van der Waals surface area contributed by atoms with Crippen LogP contribution in [0.15, 0.2) is 0 Å². The lowest BCUT2D eigenvalue weighted by Gasteiger charge is -2.29. The van der Waals surface area contributed by atoms with Gasteiger partial charge in [-0.2, -0.15) is 0 Å². The van der Waals surface area contributed by atoms with Crippen LogP contribution in [0.4, 0.5) is 0 Å². The van der Waals surface area contributed by atoms with Crippen molar-refractivity contribution in [3.05, 3.63) is 0 Å². The van der Waals surface area contributed by atoms with Crippen molar-refractivity contribution in [3.63, 3.8) is 0 Å². The van der Waals surface area contributed by atoms with Gasteiger partial charge < -0.3 is 0 Å². The van der Waals surface area contributed by atoms with Gasteiger partial charge in [-0.05, 0) is 19.8 Å². The molecule has 0 radical (unpaired) electrons. The number of hydrogen-bond donors (Lipinski definition) is 0. The molecule has 0 spiro atoms. The zero-order valence-corrected chi connectivity index (χ0v) is 13.0. The lowest BCUT2D eigenvalue weighted by atomic mass is 9.97. The minimum Gasteiger partial charge on any atom is -0.228 e. The highest BCUT2D eigenvalue weighted by molar-refractivity contribution is 7.92. The van der Waals surface area contributed by atoms with Gasteiger partial charge in [0.05, 0.1) is 10.5 Å². The lowest BCUT2D eigenvalue weighted by molar-refractivity contribution is 0.453. The molecule has 0 aromatic rings. The maximum Gasteiger partial charge on any atom is 0.156 e. The fourth-order valence-electron chi connectivity index (χ4n) is 2.24. The van der Waals surface area contributed by atoms with Crippen molar-refractivity contribution in [2.45, 2.75) is 70.5 Å². The Labute approximate surface area is 112 Å². The Kier molecular flexibility index (Phi) is 8.48. The highest BCUT2D eigenvalue weighted by Crippen LogP contribution is 2.30.